The fraction of sp³-hybridized carbons (Fsp3) is 0.818. The Labute approximate surface area is 95.8 Å². The molecule has 0 atom stereocenters. The van der Waals surface area contributed by atoms with Crippen molar-refractivity contribution in [3.63, 3.8) is 0 Å². The molecule has 1 fully saturated rings. The molecule has 0 aliphatic heterocycles. The lowest BCUT2D eigenvalue weighted by atomic mass is 10.2. The fourth-order valence-electron chi connectivity index (χ4n) is 1.59. The number of nitrogens with one attached hydrogen (secondary N) is 1. The van der Waals surface area contributed by atoms with Gasteiger partial charge in [-0.05, 0) is 25.7 Å². The van der Waals surface area contributed by atoms with Crippen LogP contribution in [-0.4, -0.2) is 41.6 Å². The molecule has 1 saturated carbocycles. The number of hydrogen-bond donors (Lipinski definition) is 2. The molecule has 5 nitrogen and oxygen atoms in total. The van der Waals surface area contributed by atoms with Gasteiger partial charge in [-0.15, -0.1) is 0 Å². The normalized spacial score (nSPS) is 14.6. The standard InChI is InChI=1S/C11H20N2O3/c1-2-13(8-10(14)15)11(16)12-7-3-4-9-5-6-9/h9H,2-8H2,1H3,(H,12,16)(H,14,15). The zero-order chi connectivity index (χ0) is 12.0. The monoisotopic (exact) mass is 228 g/mol. The summed E-state index contributed by atoms with van der Waals surface area (Å²) in [6, 6.07) is -0.277. The molecule has 0 unspecified atom stereocenters. The molecule has 2 N–H and O–H groups in total. The minimum atomic E-state index is -0.977. The first-order chi connectivity index (χ1) is 7.63. The number of carboxylic acids is 1. The van der Waals surface area contributed by atoms with E-state index in [1.54, 1.807) is 6.92 Å². The molecule has 1 aliphatic carbocycles. The summed E-state index contributed by atoms with van der Waals surface area (Å²) in [5, 5.41) is 11.3. The molecule has 0 spiro atoms. The molecule has 92 valence electrons. The maximum absolute atomic E-state index is 11.5. The Balaban J connectivity index is 2.12. The molecule has 1 aliphatic rings. The van der Waals surface area contributed by atoms with E-state index in [4.69, 9.17) is 5.11 Å². The average Bonchev–Trinajstić information content (AvgIpc) is 3.04. The Morgan fingerprint density at radius 1 is 1.44 bits per heavy atom. The summed E-state index contributed by atoms with van der Waals surface area (Å²) in [6.07, 6.45) is 4.81. The molecule has 1 rings (SSSR count). The molecular formula is C11H20N2O3. The van der Waals surface area contributed by atoms with Crippen molar-refractivity contribution in [2.45, 2.75) is 32.6 Å². The predicted molar refractivity (Wildman–Crippen MR) is 60.2 cm³/mol. The van der Waals surface area contributed by atoms with E-state index in [9.17, 15) is 9.59 Å². The number of hydrogen-bond acceptors (Lipinski definition) is 2. The van der Waals surface area contributed by atoms with E-state index in [2.05, 4.69) is 5.32 Å². The van der Waals surface area contributed by atoms with Gasteiger partial charge in [0.25, 0.3) is 0 Å². The molecule has 2 amide bonds. The number of carboxylic acid groups (broad SMARTS) is 1. The SMILES string of the molecule is CCN(CC(=O)O)C(=O)NCCCC1CC1. The van der Waals surface area contributed by atoms with Crippen LogP contribution in [0.3, 0.4) is 0 Å². The summed E-state index contributed by atoms with van der Waals surface area (Å²) in [7, 11) is 0. The Morgan fingerprint density at radius 3 is 2.62 bits per heavy atom. The molecule has 0 saturated heterocycles. The second kappa shape index (κ2) is 6.35. The second-order valence-electron chi connectivity index (χ2n) is 4.23. The lowest BCUT2D eigenvalue weighted by Gasteiger charge is -2.19. The van der Waals surface area contributed by atoms with Crippen molar-refractivity contribution >= 4 is 12.0 Å². The van der Waals surface area contributed by atoms with E-state index in [1.807, 2.05) is 0 Å². The van der Waals surface area contributed by atoms with Gasteiger partial charge in [0, 0.05) is 13.1 Å². The van der Waals surface area contributed by atoms with Gasteiger partial charge < -0.3 is 15.3 Å². The molecule has 0 heterocycles. The minimum Gasteiger partial charge on any atom is -0.480 e. The summed E-state index contributed by atoms with van der Waals surface area (Å²) in [4.78, 5) is 23.3. The zero-order valence-corrected chi connectivity index (χ0v) is 9.74. The Kier molecular flexibility index (Phi) is 5.08. The number of amides is 2. The summed E-state index contributed by atoms with van der Waals surface area (Å²) in [5.74, 6) is -0.104. The fourth-order valence-corrected chi connectivity index (χ4v) is 1.59. The topological polar surface area (TPSA) is 69.6 Å². The maximum atomic E-state index is 11.5. The highest BCUT2D eigenvalue weighted by Crippen LogP contribution is 2.33. The summed E-state index contributed by atoms with van der Waals surface area (Å²) in [6.45, 7) is 2.60. The van der Waals surface area contributed by atoms with Crippen LogP contribution in [0, 0.1) is 5.92 Å². The van der Waals surface area contributed by atoms with Crippen LogP contribution in [0.2, 0.25) is 0 Å². The molecule has 16 heavy (non-hydrogen) atoms. The van der Waals surface area contributed by atoms with Crippen LogP contribution in [0.15, 0.2) is 0 Å². The number of carbonyl (C=O) groups is 2. The van der Waals surface area contributed by atoms with Crippen molar-refractivity contribution < 1.29 is 14.7 Å². The highest BCUT2D eigenvalue weighted by molar-refractivity contribution is 5.79. The Morgan fingerprint density at radius 2 is 2.12 bits per heavy atom. The first kappa shape index (κ1) is 12.8. The third-order valence-electron chi connectivity index (χ3n) is 2.76. The van der Waals surface area contributed by atoms with Gasteiger partial charge in [0.1, 0.15) is 6.54 Å². The molecule has 0 aromatic heterocycles. The van der Waals surface area contributed by atoms with E-state index in [-0.39, 0.29) is 12.6 Å². The lowest BCUT2D eigenvalue weighted by Crippen LogP contribution is -2.42. The molecule has 5 heteroatoms. The number of urea groups is 1. The Bertz CT molecular complexity index is 252. The van der Waals surface area contributed by atoms with Crippen molar-refractivity contribution in [2.24, 2.45) is 5.92 Å². The second-order valence-corrected chi connectivity index (χ2v) is 4.23. The summed E-state index contributed by atoms with van der Waals surface area (Å²) >= 11 is 0. The van der Waals surface area contributed by atoms with E-state index >= 15 is 0 Å². The van der Waals surface area contributed by atoms with E-state index in [0.717, 1.165) is 12.3 Å². The van der Waals surface area contributed by atoms with Crippen LogP contribution in [-0.2, 0) is 4.79 Å². The molecule has 0 aromatic carbocycles. The van der Waals surface area contributed by atoms with Crippen molar-refractivity contribution in [1.29, 1.82) is 0 Å². The lowest BCUT2D eigenvalue weighted by molar-refractivity contribution is -0.137. The summed E-state index contributed by atoms with van der Waals surface area (Å²) < 4.78 is 0. The number of nitrogens with zero attached hydrogens (tertiary/aromatic N) is 1. The van der Waals surface area contributed by atoms with Crippen molar-refractivity contribution in [3.8, 4) is 0 Å². The van der Waals surface area contributed by atoms with E-state index in [0.29, 0.717) is 13.1 Å². The van der Waals surface area contributed by atoms with Gasteiger partial charge in [0.05, 0.1) is 0 Å². The van der Waals surface area contributed by atoms with Crippen LogP contribution < -0.4 is 5.32 Å². The highest BCUT2D eigenvalue weighted by atomic mass is 16.4. The smallest absolute Gasteiger partial charge is 0.323 e. The van der Waals surface area contributed by atoms with Gasteiger partial charge in [-0.1, -0.05) is 12.8 Å². The third kappa shape index (κ3) is 5.00. The first-order valence-electron chi connectivity index (χ1n) is 5.88. The maximum Gasteiger partial charge on any atom is 0.323 e. The molecular weight excluding hydrogens is 208 g/mol. The van der Waals surface area contributed by atoms with Crippen molar-refractivity contribution in [3.05, 3.63) is 0 Å². The first-order valence-corrected chi connectivity index (χ1v) is 5.88. The van der Waals surface area contributed by atoms with Gasteiger partial charge in [0.15, 0.2) is 0 Å². The predicted octanol–water partition coefficient (Wildman–Crippen LogP) is 1.29. The molecule has 0 radical (unpaired) electrons. The Hall–Kier alpha value is -1.26. The van der Waals surface area contributed by atoms with Crippen LogP contribution >= 0.6 is 0 Å². The van der Waals surface area contributed by atoms with Crippen LogP contribution in [0.5, 0.6) is 0 Å². The quantitative estimate of drug-likeness (QED) is 0.645. The van der Waals surface area contributed by atoms with Gasteiger partial charge in [-0.25, -0.2) is 4.79 Å². The van der Waals surface area contributed by atoms with Crippen molar-refractivity contribution in [1.82, 2.24) is 10.2 Å². The van der Waals surface area contributed by atoms with E-state index in [1.165, 1.54) is 24.2 Å². The van der Waals surface area contributed by atoms with Crippen LogP contribution in [0.25, 0.3) is 0 Å². The largest absolute Gasteiger partial charge is 0.480 e. The highest BCUT2D eigenvalue weighted by Gasteiger charge is 2.20. The van der Waals surface area contributed by atoms with Gasteiger partial charge in [-0.2, -0.15) is 0 Å². The molecule has 0 bridgehead atoms. The number of carbonyl (C=O) groups excluding carboxylic acids is 1. The van der Waals surface area contributed by atoms with Crippen LogP contribution in [0.1, 0.15) is 32.6 Å². The van der Waals surface area contributed by atoms with Gasteiger partial charge in [-0.3, -0.25) is 4.79 Å². The van der Waals surface area contributed by atoms with Crippen LogP contribution in [0.4, 0.5) is 4.79 Å². The van der Waals surface area contributed by atoms with E-state index < -0.39 is 5.97 Å². The van der Waals surface area contributed by atoms with Gasteiger partial charge in [0.2, 0.25) is 0 Å². The number of rotatable bonds is 7. The average molecular weight is 228 g/mol. The number of aliphatic carboxylic acids is 1. The summed E-state index contributed by atoms with van der Waals surface area (Å²) in [5.41, 5.74) is 0. The van der Waals surface area contributed by atoms with Gasteiger partial charge >= 0.3 is 12.0 Å². The zero-order valence-electron chi connectivity index (χ0n) is 9.74. The molecule has 0 aromatic rings. The van der Waals surface area contributed by atoms with Crippen molar-refractivity contribution in [2.75, 3.05) is 19.6 Å². The third-order valence-corrected chi connectivity index (χ3v) is 2.76. The number of likely N-dealkylation sites (N-methyl/N-ethyl adjacent to an activating group) is 1. The minimum absolute atomic E-state index is 0.231.